The Morgan fingerprint density at radius 2 is 1.65 bits per heavy atom. The second-order valence-corrected chi connectivity index (χ2v) is 3.68. The molecule has 0 saturated heterocycles. The number of pyridine rings is 1. The van der Waals surface area contributed by atoms with Crippen LogP contribution in [0.1, 0.15) is 12.0 Å². The minimum atomic E-state index is -0.324. The predicted molar refractivity (Wildman–Crippen MR) is 61.9 cm³/mol. The predicted octanol–water partition coefficient (Wildman–Crippen LogP) is -1.04. The average molecular weight is 254 g/mol. The van der Waals surface area contributed by atoms with E-state index < -0.39 is 0 Å². The van der Waals surface area contributed by atoms with Crippen molar-refractivity contribution in [1.82, 2.24) is 0 Å². The van der Waals surface area contributed by atoms with Crippen molar-refractivity contribution in [2.24, 2.45) is 7.05 Å². The lowest BCUT2D eigenvalue weighted by atomic mass is 10.2. The summed E-state index contributed by atoms with van der Waals surface area (Å²) in [6.45, 7) is 0. The molecule has 0 spiro atoms. The maximum Gasteiger partial charge on any atom is 0.244 e. The van der Waals surface area contributed by atoms with Crippen LogP contribution in [-0.4, -0.2) is 14.2 Å². The quantitative estimate of drug-likeness (QED) is 0.515. The molecule has 4 heteroatoms. The van der Waals surface area contributed by atoms with Crippen molar-refractivity contribution in [1.29, 1.82) is 0 Å². The van der Waals surface area contributed by atoms with Gasteiger partial charge in [-0.05, 0) is 12.1 Å². The Balaban J connectivity index is 0.00000144. The van der Waals surface area contributed by atoms with Crippen LogP contribution in [0.5, 0.6) is 0 Å². The highest BCUT2D eigenvalue weighted by atomic mass is 35.5. The van der Waals surface area contributed by atoms with Gasteiger partial charge in [-0.2, -0.15) is 4.57 Å². The lowest BCUT2D eigenvalue weighted by Gasteiger charge is -2.11. The van der Waals surface area contributed by atoms with Crippen LogP contribution >= 0.6 is 0 Å². The molecule has 0 aliphatic heterocycles. The van der Waals surface area contributed by atoms with E-state index in [-0.39, 0.29) is 18.7 Å². The Hall–Kier alpha value is -1.16. The monoisotopic (exact) mass is 253 g/mol. The smallest absolute Gasteiger partial charge is 0.244 e. The van der Waals surface area contributed by atoms with Gasteiger partial charge in [0.15, 0.2) is 0 Å². The number of methoxy groups -OCH3 is 2. The van der Waals surface area contributed by atoms with Crippen molar-refractivity contribution in [3.05, 3.63) is 42.1 Å². The lowest BCUT2D eigenvalue weighted by Crippen LogP contribution is -3.00. The van der Waals surface area contributed by atoms with Crippen LogP contribution in [-0.2, 0) is 16.5 Å². The highest BCUT2D eigenvalue weighted by molar-refractivity contribution is 5.75. The minimum Gasteiger partial charge on any atom is -1.00 e. The molecule has 92 valence electrons. The first-order valence-electron chi connectivity index (χ1n) is 5.21. The van der Waals surface area contributed by atoms with E-state index in [1.165, 1.54) is 10.9 Å². The highest BCUT2D eigenvalue weighted by Crippen LogP contribution is 2.17. The molecule has 0 fully saturated rings. The summed E-state index contributed by atoms with van der Waals surface area (Å²) in [4.78, 5) is 0. The normalized spacial score (nSPS) is 10.6. The zero-order chi connectivity index (χ0) is 11.5. The van der Waals surface area contributed by atoms with Gasteiger partial charge in [0.1, 0.15) is 7.05 Å². The molecule has 0 aliphatic carbocycles. The summed E-state index contributed by atoms with van der Waals surface area (Å²) in [5.74, 6) is 0. The van der Waals surface area contributed by atoms with E-state index in [1.54, 1.807) is 14.2 Å². The van der Waals surface area contributed by atoms with Gasteiger partial charge in [-0.15, -0.1) is 0 Å². The summed E-state index contributed by atoms with van der Waals surface area (Å²) in [7, 11) is 5.30. The Labute approximate surface area is 107 Å². The van der Waals surface area contributed by atoms with E-state index in [4.69, 9.17) is 9.47 Å². The summed E-state index contributed by atoms with van der Waals surface area (Å²) in [6, 6.07) is 12.3. The molecule has 1 aromatic carbocycles. The molecule has 0 unspecified atom stereocenters. The van der Waals surface area contributed by atoms with E-state index in [9.17, 15) is 0 Å². The Morgan fingerprint density at radius 3 is 2.29 bits per heavy atom. The number of hydrogen-bond acceptors (Lipinski definition) is 2. The number of para-hydroxylation sites is 1. The van der Waals surface area contributed by atoms with Crippen molar-refractivity contribution < 1.29 is 26.4 Å². The first-order chi connectivity index (χ1) is 7.77. The molecule has 0 aliphatic rings. The number of aryl methyl sites for hydroxylation is 1. The van der Waals surface area contributed by atoms with Crippen molar-refractivity contribution >= 4 is 10.9 Å². The van der Waals surface area contributed by atoms with Crippen LogP contribution < -0.4 is 17.0 Å². The SMILES string of the molecule is COC(OC)c1ccc2ccccc2[n+]1C.[Cl-]. The summed E-state index contributed by atoms with van der Waals surface area (Å²) >= 11 is 0. The number of rotatable bonds is 3. The maximum atomic E-state index is 5.27. The van der Waals surface area contributed by atoms with Gasteiger partial charge >= 0.3 is 0 Å². The first kappa shape index (κ1) is 13.9. The van der Waals surface area contributed by atoms with E-state index in [0.29, 0.717) is 0 Å². The van der Waals surface area contributed by atoms with Gasteiger partial charge in [0.2, 0.25) is 17.5 Å². The maximum absolute atomic E-state index is 5.27. The molecular weight excluding hydrogens is 238 g/mol. The van der Waals surface area contributed by atoms with Gasteiger partial charge < -0.3 is 21.9 Å². The molecule has 0 N–H and O–H groups in total. The van der Waals surface area contributed by atoms with E-state index in [0.717, 1.165) is 5.69 Å². The second kappa shape index (κ2) is 5.96. The van der Waals surface area contributed by atoms with Crippen molar-refractivity contribution in [2.75, 3.05) is 14.2 Å². The van der Waals surface area contributed by atoms with Crippen molar-refractivity contribution in [3.63, 3.8) is 0 Å². The largest absolute Gasteiger partial charge is 1.00 e. The van der Waals surface area contributed by atoms with E-state index >= 15 is 0 Å². The van der Waals surface area contributed by atoms with Crippen LogP contribution in [0.4, 0.5) is 0 Å². The molecule has 17 heavy (non-hydrogen) atoms. The topological polar surface area (TPSA) is 22.3 Å². The molecule has 0 radical (unpaired) electrons. The number of nitrogens with zero attached hydrogens (tertiary/aromatic N) is 1. The number of ether oxygens (including phenoxy) is 2. The summed E-state index contributed by atoms with van der Waals surface area (Å²) in [5, 5.41) is 1.21. The zero-order valence-electron chi connectivity index (χ0n) is 10.2. The molecular formula is C13H16ClNO2. The zero-order valence-corrected chi connectivity index (χ0v) is 10.9. The molecule has 2 rings (SSSR count). The van der Waals surface area contributed by atoms with Crippen LogP contribution in [0, 0.1) is 0 Å². The van der Waals surface area contributed by atoms with Crippen LogP contribution in [0.2, 0.25) is 0 Å². The number of fused-ring (bicyclic) bond motifs is 1. The summed E-state index contributed by atoms with van der Waals surface area (Å²) in [6.07, 6.45) is -0.324. The number of benzene rings is 1. The van der Waals surface area contributed by atoms with Crippen molar-refractivity contribution in [2.45, 2.75) is 6.29 Å². The Bertz CT molecular complexity index is 498. The van der Waals surface area contributed by atoms with Crippen LogP contribution in [0.3, 0.4) is 0 Å². The molecule has 0 saturated carbocycles. The molecule has 2 aromatic rings. The lowest BCUT2D eigenvalue weighted by molar-refractivity contribution is -0.660. The van der Waals surface area contributed by atoms with E-state index in [2.05, 4.69) is 22.8 Å². The highest BCUT2D eigenvalue weighted by Gasteiger charge is 2.20. The molecule has 3 nitrogen and oxygen atoms in total. The fraction of sp³-hybridized carbons (Fsp3) is 0.308. The van der Waals surface area contributed by atoms with Gasteiger partial charge in [-0.1, -0.05) is 12.1 Å². The molecule has 0 atom stereocenters. The average Bonchev–Trinajstić information content (AvgIpc) is 2.34. The first-order valence-corrected chi connectivity index (χ1v) is 5.21. The third-order valence-corrected chi connectivity index (χ3v) is 2.79. The van der Waals surface area contributed by atoms with Gasteiger partial charge in [0.25, 0.3) is 0 Å². The van der Waals surface area contributed by atoms with Crippen molar-refractivity contribution in [3.8, 4) is 0 Å². The van der Waals surface area contributed by atoms with Crippen LogP contribution in [0.25, 0.3) is 10.9 Å². The number of hydrogen-bond donors (Lipinski definition) is 0. The fourth-order valence-corrected chi connectivity index (χ4v) is 1.93. The van der Waals surface area contributed by atoms with Gasteiger partial charge in [0.05, 0.1) is 0 Å². The third-order valence-electron chi connectivity index (χ3n) is 2.79. The van der Waals surface area contributed by atoms with Gasteiger partial charge in [0, 0.05) is 31.7 Å². The van der Waals surface area contributed by atoms with Gasteiger partial charge in [-0.25, -0.2) is 0 Å². The molecule has 0 bridgehead atoms. The Kier molecular flexibility index (Phi) is 4.87. The minimum absolute atomic E-state index is 0. The van der Waals surface area contributed by atoms with E-state index in [1.807, 2.05) is 25.2 Å². The summed E-state index contributed by atoms with van der Waals surface area (Å²) < 4.78 is 12.6. The number of halogens is 1. The Morgan fingerprint density at radius 1 is 1.00 bits per heavy atom. The standard InChI is InChI=1S/C13H16NO2.ClH/c1-14-11-7-5-4-6-10(11)8-9-12(14)13(15-2)16-3;/h4-9,13H,1-3H3;1H/q+1;/p-1. The third kappa shape index (κ3) is 2.57. The van der Waals surface area contributed by atoms with Crippen LogP contribution in [0.15, 0.2) is 36.4 Å². The summed E-state index contributed by atoms with van der Waals surface area (Å²) in [5.41, 5.74) is 2.17. The molecule has 0 amide bonds. The molecule has 1 aromatic heterocycles. The van der Waals surface area contributed by atoms with Gasteiger partial charge in [-0.3, -0.25) is 0 Å². The number of aromatic nitrogens is 1. The second-order valence-electron chi connectivity index (χ2n) is 3.68. The molecule has 1 heterocycles. The fourth-order valence-electron chi connectivity index (χ4n) is 1.93.